The minimum Gasteiger partial charge on any atom is -0.329 e. The molecule has 0 bridgehead atoms. The van der Waals surface area contributed by atoms with E-state index in [1.807, 2.05) is 0 Å². The first kappa shape index (κ1) is 16.0. The summed E-state index contributed by atoms with van der Waals surface area (Å²) in [4.78, 5) is 2.69. The van der Waals surface area contributed by atoms with Crippen molar-refractivity contribution in [3.8, 4) is 0 Å². The molecule has 2 heteroatoms. The number of nitrogens with zero attached hydrogens (tertiary/aromatic N) is 1. The second kappa shape index (κ2) is 5.92. The molecule has 18 heavy (non-hydrogen) atoms. The summed E-state index contributed by atoms with van der Waals surface area (Å²) in [6.07, 6.45) is 5.20. The van der Waals surface area contributed by atoms with E-state index < -0.39 is 0 Å². The Labute approximate surface area is 114 Å². The molecule has 0 aromatic heterocycles. The highest BCUT2D eigenvalue weighted by molar-refractivity contribution is 5.00. The molecule has 0 aromatic rings. The van der Waals surface area contributed by atoms with E-state index >= 15 is 0 Å². The van der Waals surface area contributed by atoms with Gasteiger partial charge in [-0.15, -0.1) is 0 Å². The summed E-state index contributed by atoms with van der Waals surface area (Å²) in [7, 11) is 0. The van der Waals surface area contributed by atoms with Gasteiger partial charge in [0.05, 0.1) is 0 Å². The molecular formula is C16H34N2. The van der Waals surface area contributed by atoms with Crippen LogP contribution in [-0.4, -0.2) is 29.6 Å². The molecule has 1 aliphatic rings. The summed E-state index contributed by atoms with van der Waals surface area (Å²) in [5, 5.41) is 0. The molecule has 108 valence electrons. The molecule has 0 saturated heterocycles. The van der Waals surface area contributed by atoms with Gasteiger partial charge in [-0.3, -0.25) is 4.90 Å². The first-order valence-corrected chi connectivity index (χ1v) is 7.69. The van der Waals surface area contributed by atoms with E-state index in [9.17, 15) is 0 Å². The van der Waals surface area contributed by atoms with Crippen molar-refractivity contribution in [3.63, 3.8) is 0 Å². The summed E-state index contributed by atoms with van der Waals surface area (Å²) < 4.78 is 0. The van der Waals surface area contributed by atoms with Crippen molar-refractivity contribution in [1.82, 2.24) is 4.90 Å². The zero-order chi connectivity index (χ0) is 14.0. The van der Waals surface area contributed by atoms with Crippen LogP contribution in [0.4, 0.5) is 0 Å². The maximum absolute atomic E-state index is 6.23. The van der Waals surface area contributed by atoms with Crippen molar-refractivity contribution in [2.45, 2.75) is 78.8 Å². The lowest BCUT2D eigenvalue weighted by atomic mass is 9.67. The molecular weight excluding hydrogens is 220 g/mol. The van der Waals surface area contributed by atoms with Gasteiger partial charge >= 0.3 is 0 Å². The van der Waals surface area contributed by atoms with Gasteiger partial charge in [0.15, 0.2) is 0 Å². The van der Waals surface area contributed by atoms with E-state index in [2.05, 4.69) is 46.4 Å². The minimum absolute atomic E-state index is 0.236. The molecule has 0 radical (unpaired) electrons. The molecule has 1 aliphatic carbocycles. The van der Waals surface area contributed by atoms with E-state index in [1.165, 1.54) is 32.2 Å². The van der Waals surface area contributed by atoms with E-state index in [0.29, 0.717) is 17.4 Å². The Balaban J connectivity index is 2.95. The highest BCUT2D eigenvalue weighted by Gasteiger charge is 2.43. The topological polar surface area (TPSA) is 29.3 Å². The normalized spacial score (nSPS) is 28.3. The molecule has 1 rings (SSSR count). The van der Waals surface area contributed by atoms with Crippen LogP contribution in [0.3, 0.4) is 0 Å². The van der Waals surface area contributed by atoms with Gasteiger partial charge in [0.25, 0.3) is 0 Å². The van der Waals surface area contributed by atoms with Crippen molar-refractivity contribution in [2.75, 3.05) is 13.1 Å². The summed E-state index contributed by atoms with van der Waals surface area (Å²) in [5.74, 6) is 0.709. The fraction of sp³-hybridized carbons (Fsp3) is 1.00. The smallest absolute Gasteiger partial charge is 0.0339 e. The standard InChI is InChI=1S/C16H34N2/c1-13(2)10-18(14(3)4)16(12-17)9-7-8-15(5,6)11-16/h13-14H,7-12,17H2,1-6H3. The summed E-state index contributed by atoms with van der Waals surface area (Å²) >= 11 is 0. The second-order valence-corrected chi connectivity index (χ2v) is 7.76. The van der Waals surface area contributed by atoms with E-state index in [4.69, 9.17) is 5.73 Å². The van der Waals surface area contributed by atoms with E-state index in [0.717, 1.165) is 6.54 Å². The van der Waals surface area contributed by atoms with Crippen molar-refractivity contribution < 1.29 is 0 Å². The monoisotopic (exact) mass is 254 g/mol. The van der Waals surface area contributed by atoms with Crippen LogP contribution in [0.2, 0.25) is 0 Å². The average molecular weight is 254 g/mol. The van der Waals surface area contributed by atoms with Gasteiger partial charge in [-0.1, -0.05) is 34.1 Å². The Morgan fingerprint density at radius 1 is 1.11 bits per heavy atom. The molecule has 1 saturated carbocycles. The molecule has 2 N–H and O–H groups in total. The van der Waals surface area contributed by atoms with Crippen LogP contribution < -0.4 is 5.73 Å². The summed E-state index contributed by atoms with van der Waals surface area (Å²) in [5.41, 5.74) is 6.91. The quantitative estimate of drug-likeness (QED) is 0.811. The van der Waals surface area contributed by atoms with Crippen LogP contribution >= 0.6 is 0 Å². The maximum atomic E-state index is 6.23. The second-order valence-electron chi connectivity index (χ2n) is 7.76. The molecule has 1 unspecified atom stereocenters. The van der Waals surface area contributed by atoms with Gasteiger partial charge < -0.3 is 5.73 Å². The van der Waals surface area contributed by atoms with Gasteiger partial charge in [-0.25, -0.2) is 0 Å². The highest BCUT2D eigenvalue weighted by Crippen LogP contribution is 2.44. The largest absolute Gasteiger partial charge is 0.329 e. The Kier molecular flexibility index (Phi) is 5.25. The number of rotatable bonds is 5. The Morgan fingerprint density at radius 2 is 1.72 bits per heavy atom. The molecule has 0 aliphatic heterocycles. The molecule has 0 spiro atoms. The Bertz CT molecular complexity index is 258. The third-order valence-electron chi connectivity index (χ3n) is 4.48. The predicted molar refractivity (Wildman–Crippen MR) is 80.7 cm³/mol. The van der Waals surface area contributed by atoms with Crippen LogP contribution in [-0.2, 0) is 0 Å². The van der Waals surface area contributed by atoms with Crippen molar-refractivity contribution in [2.24, 2.45) is 17.1 Å². The molecule has 0 aromatic carbocycles. The van der Waals surface area contributed by atoms with Crippen molar-refractivity contribution >= 4 is 0 Å². The third kappa shape index (κ3) is 3.71. The van der Waals surface area contributed by atoms with Crippen molar-refractivity contribution in [3.05, 3.63) is 0 Å². The van der Waals surface area contributed by atoms with Crippen molar-refractivity contribution in [1.29, 1.82) is 0 Å². The number of hydrogen-bond acceptors (Lipinski definition) is 2. The fourth-order valence-electron chi connectivity index (χ4n) is 3.85. The van der Waals surface area contributed by atoms with Crippen LogP contribution in [0.25, 0.3) is 0 Å². The lowest BCUT2D eigenvalue weighted by molar-refractivity contribution is -0.0169. The van der Waals surface area contributed by atoms with E-state index in [1.54, 1.807) is 0 Å². The molecule has 0 amide bonds. The molecule has 0 heterocycles. The summed E-state index contributed by atoms with van der Waals surface area (Å²) in [6.45, 7) is 16.1. The van der Waals surface area contributed by atoms with Gasteiger partial charge in [-0.2, -0.15) is 0 Å². The molecule has 1 fully saturated rings. The zero-order valence-electron chi connectivity index (χ0n) is 13.4. The van der Waals surface area contributed by atoms with Gasteiger partial charge in [-0.05, 0) is 44.4 Å². The van der Waals surface area contributed by atoms with Crippen LogP contribution in [0.1, 0.15) is 67.2 Å². The van der Waals surface area contributed by atoms with Gasteiger partial charge in [0, 0.05) is 24.7 Å². The Morgan fingerprint density at radius 3 is 2.11 bits per heavy atom. The lowest BCUT2D eigenvalue weighted by Crippen LogP contribution is -2.60. The van der Waals surface area contributed by atoms with Gasteiger partial charge in [0.1, 0.15) is 0 Å². The van der Waals surface area contributed by atoms with Crippen LogP contribution in [0, 0.1) is 11.3 Å². The van der Waals surface area contributed by atoms with E-state index in [-0.39, 0.29) is 5.54 Å². The number of hydrogen-bond donors (Lipinski definition) is 1. The minimum atomic E-state index is 0.236. The van der Waals surface area contributed by atoms with Crippen LogP contribution in [0.15, 0.2) is 0 Å². The first-order chi connectivity index (χ1) is 8.22. The SMILES string of the molecule is CC(C)CN(C(C)C)C1(CN)CCCC(C)(C)C1. The maximum Gasteiger partial charge on any atom is 0.0339 e. The third-order valence-corrected chi connectivity index (χ3v) is 4.48. The zero-order valence-corrected chi connectivity index (χ0v) is 13.4. The Hall–Kier alpha value is -0.0800. The molecule has 1 atom stereocenters. The fourth-order valence-corrected chi connectivity index (χ4v) is 3.85. The first-order valence-electron chi connectivity index (χ1n) is 7.69. The number of nitrogens with two attached hydrogens (primary N) is 1. The predicted octanol–water partition coefficient (Wildman–Crippen LogP) is 3.65. The molecule has 2 nitrogen and oxygen atoms in total. The highest BCUT2D eigenvalue weighted by atomic mass is 15.2. The van der Waals surface area contributed by atoms with Gasteiger partial charge in [0.2, 0.25) is 0 Å². The van der Waals surface area contributed by atoms with Crippen LogP contribution in [0.5, 0.6) is 0 Å². The summed E-state index contributed by atoms with van der Waals surface area (Å²) in [6, 6.07) is 0.588. The lowest BCUT2D eigenvalue weighted by Gasteiger charge is -2.53. The average Bonchev–Trinajstić information content (AvgIpc) is 2.23.